The van der Waals surface area contributed by atoms with Gasteiger partial charge in [-0.3, -0.25) is 4.79 Å². The lowest BCUT2D eigenvalue weighted by atomic mass is 10.1. The topological polar surface area (TPSA) is 90.0 Å². The Morgan fingerprint density at radius 3 is 2.41 bits per heavy atom. The fourth-order valence-electron chi connectivity index (χ4n) is 3.09. The van der Waals surface area contributed by atoms with E-state index in [1.807, 2.05) is 13.8 Å². The van der Waals surface area contributed by atoms with E-state index >= 15 is 0 Å². The van der Waals surface area contributed by atoms with Crippen LogP contribution in [-0.4, -0.2) is 62.5 Å². The monoisotopic (exact) mass is 417 g/mol. The first-order valence-electron chi connectivity index (χ1n) is 8.56. The Morgan fingerprint density at radius 1 is 1.30 bits per heavy atom. The molecule has 0 aliphatic carbocycles. The number of benzene rings is 1. The number of halogens is 1. The predicted octanol–water partition coefficient (Wildman–Crippen LogP) is 1.91. The number of amides is 1. The highest BCUT2D eigenvalue weighted by Gasteiger charge is 2.34. The van der Waals surface area contributed by atoms with E-state index in [0.29, 0.717) is 17.2 Å². The molecule has 1 saturated heterocycles. The van der Waals surface area contributed by atoms with E-state index in [4.69, 9.17) is 21.1 Å². The van der Waals surface area contributed by atoms with Crippen molar-refractivity contribution in [3.63, 3.8) is 0 Å². The van der Waals surface area contributed by atoms with Crippen LogP contribution in [0.5, 0.6) is 5.75 Å². The molecule has 0 bridgehead atoms. The highest BCUT2D eigenvalue weighted by atomic mass is 35.5. The van der Waals surface area contributed by atoms with E-state index in [-0.39, 0.29) is 24.2 Å². The number of hydrogen-bond donors (Lipinski definition) is 0. The number of rotatable bonds is 6. The molecule has 1 aromatic rings. The molecule has 0 spiro atoms. The zero-order chi connectivity index (χ0) is 20.4. The summed E-state index contributed by atoms with van der Waals surface area (Å²) in [6, 6.07) is 3.07. The molecule has 1 heterocycles. The van der Waals surface area contributed by atoms with Gasteiger partial charge in [-0.25, -0.2) is 13.2 Å². The molecular weight excluding hydrogens is 394 g/mol. The third kappa shape index (κ3) is 5.59. The minimum Gasteiger partial charge on any atom is -0.481 e. The Kier molecular flexibility index (Phi) is 6.75. The number of hydrogen-bond acceptors (Lipinski definition) is 6. The van der Waals surface area contributed by atoms with Crippen molar-refractivity contribution in [1.29, 1.82) is 0 Å². The standard InChI is InChI=1S/C18H24ClNO6S/c1-11-7-14(19)8-12(2)17(11)25-9-16(21)26-13(3)18(22)20(4)15-5-6-27(23,24)10-15/h7-8,13,15H,5-6,9-10H2,1-4H3/t13-,15+/m1/s1. The fourth-order valence-corrected chi connectivity index (χ4v) is 5.19. The molecule has 1 aromatic carbocycles. The van der Waals surface area contributed by atoms with Crippen molar-refractivity contribution in [2.24, 2.45) is 0 Å². The third-order valence-electron chi connectivity index (χ3n) is 4.52. The van der Waals surface area contributed by atoms with E-state index < -0.39 is 27.8 Å². The number of carbonyl (C=O) groups excluding carboxylic acids is 2. The van der Waals surface area contributed by atoms with E-state index in [1.165, 1.54) is 18.9 Å². The van der Waals surface area contributed by atoms with Crippen LogP contribution in [0.1, 0.15) is 24.5 Å². The predicted molar refractivity (Wildman–Crippen MR) is 102 cm³/mol. The summed E-state index contributed by atoms with van der Waals surface area (Å²) in [5.74, 6) is -0.574. The second-order valence-corrected chi connectivity index (χ2v) is 9.46. The number of sulfone groups is 1. The van der Waals surface area contributed by atoms with Gasteiger partial charge in [0.05, 0.1) is 11.5 Å². The van der Waals surface area contributed by atoms with Crippen molar-refractivity contribution < 1.29 is 27.5 Å². The van der Waals surface area contributed by atoms with Gasteiger partial charge >= 0.3 is 5.97 Å². The molecule has 1 amide bonds. The van der Waals surface area contributed by atoms with Gasteiger partial charge in [0.15, 0.2) is 22.5 Å². The number of ether oxygens (including phenoxy) is 2. The van der Waals surface area contributed by atoms with Crippen LogP contribution in [0.3, 0.4) is 0 Å². The van der Waals surface area contributed by atoms with E-state index in [1.54, 1.807) is 12.1 Å². The molecule has 1 aliphatic heterocycles. The number of carbonyl (C=O) groups is 2. The van der Waals surface area contributed by atoms with Crippen LogP contribution in [0.15, 0.2) is 12.1 Å². The second-order valence-electron chi connectivity index (χ2n) is 6.80. The van der Waals surface area contributed by atoms with E-state index in [0.717, 1.165) is 11.1 Å². The summed E-state index contributed by atoms with van der Waals surface area (Å²) in [5, 5.41) is 0.580. The largest absolute Gasteiger partial charge is 0.481 e. The van der Waals surface area contributed by atoms with Crippen LogP contribution in [0.4, 0.5) is 0 Å². The number of aryl methyl sites for hydroxylation is 2. The zero-order valence-electron chi connectivity index (χ0n) is 15.8. The first-order valence-corrected chi connectivity index (χ1v) is 10.8. The van der Waals surface area contributed by atoms with Crippen molar-refractivity contribution in [2.45, 2.75) is 39.3 Å². The van der Waals surface area contributed by atoms with Gasteiger partial charge in [-0.15, -0.1) is 0 Å². The highest BCUT2D eigenvalue weighted by molar-refractivity contribution is 7.91. The zero-order valence-corrected chi connectivity index (χ0v) is 17.4. The normalized spacial score (nSPS) is 19.4. The molecule has 9 heteroatoms. The van der Waals surface area contributed by atoms with Crippen LogP contribution in [-0.2, 0) is 24.2 Å². The SMILES string of the molecule is Cc1cc(Cl)cc(C)c1OCC(=O)O[C@H](C)C(=O)N(C)[C@H]1CCS(=O)(=O)C1. The van der Waals surface area contributed by atoms with Crippen LogP contribution in [0.25, 0.3) is 0 Å². The van der Waals surface area contributed by atoms with Gasteiger partial charge in [0.2, 0.25) is 0 Å². The maximum Gasteiger partial charge on any atom is 0.344 e. The number of likely N-dealkylation sites (N-methyl/N-ethyl adjacent to an activating group) is 1. The van der Waals surface area contributed by atoms with Crippen molar-refractivity contribution in [3.8, 4) is 5.75 Å². The molecule has 2 rings (SSSR count). The Labute approximate surface area is 164 Å². The molecule has 150 valence electrons. The molecule has 0 saturated carbocycles. The van der Waals surface area contributed by atoms with Crippen LogP contribution in [0.2, 0.25) is 5.02 Å². The van der Waals surface area contributed by atoms with Crippen molar-refractivity contribution in [1.82, 2.24) is 4.90 Å². The quantitative estimate of drug-likeness (QED) is 0.657. The fraction of sp³-hybridized carbons (Fsp3) is 0.556. The molecule has 7 nitrogen and oxygen atoms in total. The number of esters is 1. The lowest BCUT2D eigenvalue weighted by Gasteiger charge is -2.26. The third-order valence-corrected chi connectivity index (χ3v) is 6.49. The Bertz CT molecular complexity index is 815. The van der Waals surface area contributed by atoms with Crippen molar-refractivity contribution in [3.05, 3.63) is 28.3 Å². The summed E-state index contributed by atoms with van der Waals surface area (Å²) < 4.78 is 33.8. The summed E-state index contributed by atoms with van der Waals surface area (Å²) in [6.45, 7) is 4.74. The highest BCUT2D eigenvalue weighted by Crippen LogP contribution is 2.27. The molecule has 1 fully saturated rings. The summed E-state index contributed by atoms with van der Waals surface area (Å²) in [7, 11) is -1.58. The minimum atomic E-state index is -3.10. The molecule has 2 atom stereocenters. The summed E-state index contributed by atoms with van der Waals surface area (Å²) in [5.41, 5.74) is 1.58. The first kappa shape index (κ1) is 21.5. The van der Waals surface area contributed by atoms with Gasteiger partial charge in [0.1, 0.15) is 5.75 Å². The van der Waals surface area contributed by atoms with Gasteiger partial charge < -0.3 is 14.4 Å². The maximum atomic E-state index is 12.4. The maximum absolute atomic E-state index is 12.4. The molecule has 1 aliphatic rings. The van der Waals surface area contributed by atoms with Gasteiger partial charge in [-0.1, -0.05) is 11.6 Å². The molecule has 0 N–H and O–H groups in total. The van der Waals surface area contributed by atoms with E-state index in [9.17, 15) is 18.0 Å². The molecule has 0 unspecified atom stereocenters. The summed E-state index contributed by atoms with van der Waals surface area (Å²) in [6.07, 6.45) is -0.634. The summed E-state index contributed by atoms with van der Waals surface area (Å²) in [4.78, 5) is 25.8. The van der Waals surface area contributed by atoms with Crippen LogP contribution >= 0.6 is 11.6 Å². The van der Waals surface area contributed by atoms with Crippen molar-refractivity contribution >= 4 is 33.3 Å². The van der Waals surface area contributed by atoms with Gasteiger partial charge in [-0.2, -0.15) is 0 Å². The lowest BCUT2D eigenvalue weighted by Crippen LogP contribution is -2.44. The molecule has 0 radical (unpaired) electrons. The van der Waals surface area contributed by atoms with Gasteiger partial charge in [0, 0.05) is 18.1 Å². The Balaban J connectivity index is 1.89. The number of nitrogens with zero attached hydrogens (tertiary/aromatic N) is 1. The first-order chi connectivity index (χ1) is 12.5. The van der Waals surface area contributed by atoms with Crippen molar-refractivity contribution in [2.75, 3.05) is 25.2 Å². The Morgan fingerprint density at radius 2 is 1.89 bits per heavy atom. The van der Waals surface area contributed by atoms with E-state index in [2.05, 4.69) is 0 Å². The Hall–Kier alpha value is -1.80. The molecule has 0 aromatic heterocycles. The lowest BCUT2D eigenvalue weighted by molar-refractivity contribution is -0.160. The van der Waals surface area contributed by atoms with Gasteiger partial charge in [0.25, 0.3) is 5.91 Å². The van der Waals surface area contributed by atoms with Gasteiger partial charge in [-0.05, 0) is 50.5 Å². The molecule has 27 heavy (non-hydrogen) atoms. The summed E-state index contributed by atoms with van der Waals surface area (Å²) >= 11 is 5.96. The van der Waals surface area contributed by atoms with Crippen LogP contribution < -0.4 is 4.74 Å². The van der Waals surface area contributed by atoms with Crippen LogP contribution in [0, 0.1) is 13.8 Å². The molecular formula is C18H24ClNO6S. The smallest absolute Gasteiger partial charge is 0.344 e. The average molecular weight is 418 g/mol. The average Bonchev–Trinajstić information content (AvgIpc) is 2.92. The second kappa shape index (κ2) is 8.48. The minimum absolute atomic E-state index is 0.0614.